The van der Waals surface area contributed by atoms with Gasteiger partial charge in [-0.15, -0.1) is 0 Å². The van der Waals surface area contributed by atoms with E-state index in [4.69, 9.17) is 5.11 Å². The van der Waals surface area contributed by atoms with Gasteiger partial charge in [-0.25, -0.2) is 0 Å². The van der Waals surface area contributed by atoms with Crippen LogP contribution >= 0.6 is 0 Å². The van der Waals surface area contributed by atoms with Crippen LogP contribution in [0.15, 0.2) is 48.2 Å². The van der Waals surface area contributed by atoms with E-state index in [1.165, 1.54) is 6.08 Å². The van der Waals surface area contributed by atoms with Gasteiger partial charge in [0.15, 0.2) is 0 Å². The first-order chi connectivity index (χ1) is 8.72. The topological polar surface area (TPSA) is 57.6 Å². The molecule has 4 nitrogen and oxygen atoms in total. The number of anilines is 1. The number of aliphatic carboxylic acids is 1. The number of nitrogens with zero attached hydrogens (tertiary/aromatic N) is 1. The molecule has 2 rings (SSSR count). The fraction of sp³-hybridized carbons (Fsp3) is 0.143. The lowest BCUT2D eigenvalue weighted by Crippen LogP contribution is -2.26. The standard InChI is InChI=1S/C14H13NO3/c16-8-4-3-6-12-9-11-5-1-2-7-13(11)15(12)10-14(17)18/h1-8H,9-10H2,(H,17,18)/b4-3+,12-6+. The van der Waals surface area contributed by atoms with Gasteiger partial charge in [0.05, 0.1) is 0 Å². The van der Waals surface area contributed by atoms with Crippen LogP contribution in [-0.2, 0) is 16.0 Å². The number of carbonyl (C=O) groups excluding carboxylic acids is 1. The zero-order chi connectivity index (χ0) is 13.0. The second-order valence-corrected chi connectivity index (χ2v) is 3.96. The third-order valence-electron chi connectivity index (χ3n) is 2.77. The summed E-state index contributed by atoms with van der Waals surface area (Å²) in [7, 11) is 0. The molecule has 1 aliphatic rings. The van der Waals surface area contributed by atoms with Crippen molar-refractivity contribution >= 4 is 17.9 Å². The first kappa shape index (κ1) is 12.1. The maximum Gasteiger partial charge on any atom is 0.323 e. The number of rotatable bonds is 4. The third-order valence-corrected chi connectivity index (χ3v) is 2.77. The molecule has 0 fully saturated rings. The van der Waals surface area contributed by atoms with E-state index in [1.54, 1.807) is 17.1 Å². The number of para-hydroxylation sites is 1. The zero-order valence-corrected chi connectivity index (χ0v) is 9.74. The predicted molar refractivity (Wildman–Crippen MR) is 68.4 cm³/mol. The highest BCUT2D eigenvalue weighted by molar-refractivity contribution is 5.78. The SMILES string of the molecule is O=C/C=C/C=C1\Cc2ccccc2N1CC(=O)O. The predicted octanol–water partition coefficient (Wildman–Crippen LogP) is 1.77. The van der Waals surface area contributed by atoms with Gasteiger partial charge in [-0.05, 0) is 23.8 Å². The lowest BCUT2D eigenvalue weighted by Gasteiger charge is -2.18. The molecule has 0 atom stereocenters. The van der Waals surface area contributed by atoms with Crippen molar-refractivity contribution in [1.29, 1.82) is 0 Å². The fourth-order valence-electron chi connectivity index (χ4n) is 2.05. The Morgan fingerprint density at radius 2 is 2.11 bits per heavy atom. The minimum atomic E-state index is -0.878. The van der Waals surface area contributed by atoms with Crippen molar-refractivity contribution in [3.63, 3.8) is 0 Å². The Morgan fingerprint density at radius 1 is 1.33 bits per heavy atom. The smallest absolute Gasteiger partial charge is 0.323 e. The monoisotopic (exact) mass is 243 g/mol. The summed E-state index contributed by atoms with van der Waals surface area (Å²) in [6.45, 7) is -0.0717. The Balaban J connectivity index is 2.33. The van der Waals surface area contributed by atoms with Gasteiger partial charge < -0.3 is 10.0 Å². The molecule has 0 aromatic heterocycles. The molecule has 0 saturated heterocycles. The molecular weight excluding hydrogens is 230 g/mol. The molecule has 0 aliphatic carbocycles. The number of hydrogen-bond donors (Lipinski definition) is 1. The minimum Gasteiger partial charge on any atom is -0.480 e. The maximum atomic E-state index is 10.9. The van der Waals surface area contributed by atoms with Crippen LogP contribution in [0.3, 0.4) is 0 Å². The number of fused-ring (bicyclic) bond motifs is 1. The highest BCUT2D eigenvalue weighted by Gasteiger charge is 2.24. The van der Waals surface area contributed by atoms with E-state index in [2.05, 4.69) is 0 Å². The van der Waals surface area contributed by atoms with Crippen LogP contribution in [0, 0.1) is 0 Å². The first-order valence-corrected chi connectivity index (χ1v) is 5.60. The molecule has 1 N–H and O–H groups in total. The van der Waals surface area contributed by atoms with Crippen molar-refractivity contribution in [2.24, 2.45) is 0 Å². The van der Waals surface area contributed by atoms with Crippen LogP contribution in [0.4, 0.5) is 5.69 Å². The zero-order valence-electron chi connectivity index (χ0n) is 9.74. The van der Waals surface area contributed by atoms with Gasteiger partial charge in [0.2, 0.25) is 0 Å². The van der Waals surface area contributed by atoms with Gasteiger partial charge in [0.1, 0.15) is 12.8 Å². The number of benzene rings is 1. The summed E-state index contributed by atoms with van der Waals surface area (Å²) in [5.74, 6) is -0.878. The lowest BCUT2D eigenvalue weighted by molar-refractivity contribution is -0.135. The Hall–Kier alpha value is -2.36. The summed E-state index contributed by atoms with van der Waals surface area (Å²) < 4.78 is 0. The molecule has 1 aromatic rings. The molecule has 0 saturated carbocycles. The van der Waals surface area contributed by atoms with E-state index < -0.39 is 5.97 Å². The van der Waals surface area contributed by atoms with Crippen LogP contribution in [0.25, 0.3) is 0 Å². The summed E-state index contributed by atoms with van der Waals surface area (Å²) in [5.41, 5.74) is 2.91. The van der Waals surface area contributed by atoms with E-state index in [1.807, 2.05) is 24.3 Å². The summed E-state index contributed by atoms with van der Waals surface area (Å²) in [5, 5.41) is 8.95. The Morgan fingerprint density at radius 3 is 2.83 bits per heavy atom. The molecule has 0 unspecified atom stereocenters. The van der Waals surface area contributed by atoms with Gasteiger partial charge in [0.25, 0.3) is 0 Å². The number of aldehydes is 1. The number of carbonyl (C=O) groups is 2. The van der Waals surface area contributed by atoms with Crippen LogP contribution in [-0.4, -0.2) is 23.9 Å². The van der Waals surface area contributed by atoms with Crippen molar-refractivity contribution in [2.45, 2.75) is 6.42 Å². The van der Waals surface area contributed by atoms with E-state index >= 15 is 0 Å². The van der Waals surface area contributed by atoms with E-state index in [0.717, 1.165) is 16.9 Å². The normalized spacial score (nSPS) is 16.2. The van der Waals surface area contributed by atoms with Crippen LogP contribution in [0.1, 0.15) is 5.56 Å². The molecule has 0 amide bonds. The van der Waals surface area contributed by atoms with Crippen molar-refractivity contribution in [3.8, 4) is 0 Å². The number of allylic oxidation sites excluding steroid dienone is 4. The molecule has 92 valence electrons. The molecule has 1 aromatic carbocycles. The molecule has 1 heterocycles. The van der Waals surface area contributed by atoms with E-state index in [9.17, 15) is 9.59 Å². The Bertz CT molecular complexity index is 532. The summed E-state index contributed by atoms with van der Waals surface area (Å²) >= 11 is 0. The largest absolute Gasteiger partial charge is 0.480 e. The minimum absolute atomic E-state index is 0.0717. The Kier molecular flexibility index (Phi) is 3.57. The molecule has 1 aliphatic heterocycles. The molecule has 4 heteroatoms. The molecule has 0 bridgehead atoms. The van der Waals surface area contributed by atoms with Crippen molar-refractivity contribution in [2.75, 3.05) is 11.4 Å². The van der Waals surface area contributed by atoms with Gasteiger partial charge in [-0.2, -0.15) is 0 Å². The van der Waals surface area contributed by atoms with Crippen molar-refractivity contribution < 1.29 is 14.7 Å². The molecular formula is C14H13NO3. The maximum absolute atomic E-state index is 10.9. The quantitative estimate of drug-likeness (QED) is 0.646. The van der Waals surface area contributed by atoms with E-state index in [0.29, 0.717) is 12.7 Å². The van der Waals surface area contributed by atoms with Gasteiger partial charge in [-0.1, -0.05) is 24.3 Å². The first-order valence-electron chi connectivity index (χ1n) is 5.60. The summed E-state index contributed by atoms with van der Waals surface area (Å²) in [6.07, 6.45) is 6.17. The van der Waals surface area contributed by atoms with Crippen molar-refractivity contribution in [1.82, 2.24) is 0 Å². The van der Waals surface area contributed by atoms with Crippen molar-refractivity contribution in [3.05, 3.63) is 53.8 Å². The Labute approximate surface area is 105 Å². The number of carboxylic acid groups (broad SMARTS) is 1. The van der Waals surface area contributed by atoms with Gasteiger partial charge >= 0.3 is 5.97 Å². The van der Waals surface area contributed by atoms with Gasteiger partial charge in [-0.3, -0.25) is 9.59 Å². The average molecular weight is 243 g/mol. The second-order valence-electron chi connectivity index (χ2n) is 3.96. The van der Waals surface area contributed by atoms with Crippen LogP contribution in [0.5, 0.6) is 0 Å². The highest BCUT2D eigenvalue weighted by atomic mass is 16.4. The lowest BCUT2D eigenvalue weighted by atomic mass is 10.1. The number of hydrogen-bond acceptors (Lipinski definition) is 3. The molecule has 0 spiro atoms. The summed E-state index contributed by atoms with van der Waals surface area (Å²) in [6, 6.07) is 7.71. The highest BCUT2D eigenvalue weighted by Crippen LogP contribution is 2.33. The van der Waals surface area contributed by atoms with E-state index in [-0.39, 0.29) is 6.54 Å². The van der Waals surface area contributed by atoms with Crippen LogP contribution in [0.2, 0.25) is 0 Å². The van der Waals surface area contributed by atoms with Gasteiger partial charge in [0, 0.05) is 17.8 Å². The second kappa shape index (κ2) is 5.31. The van der Waals surface area contributed by atoms with Crippen LogP contribution < -0.4 is 4.90 Å². The molecule has 0 radical (unpaired) electrons. The third kappa shape index (κ3) is 2.48. The average Bonchev–Trinajstić information content (AvgIpc) is 2.68. The fourth-order valence-corrected chi connectivity index (χ4v) is 2.05. The number of carboxylic acids is 1. The summed E-state index contributed by atoms with van der Waals surface area (Å²) in [4.78, 5) is 22.9. The molecule has 18 heavy (non-hydrogen) atoms.